The zero-order valence-corrected chi connectivity index (χ0v) is 12.5. The van der Waals surface area contributed by atoms with E-state index < -0.39 is 0 Å². The van der Waals surface area contributed by atoms with Crippen LogP contribution in [0.25, 0.3) is 0 Å². The van der Waals surface area contributed by atoms with Crippen LogP contribution in [0.15, 0.2) is 47.5 Å². The SMILES string of the molecule is O=C(c1ccnc(Br)c1)N(Cc1ccncc1)C1CC1. The van der Waals surface area contributed by atoms with Crippen molar-refractivity contribution < 1.29 is 4.79 Å². The highest BCUT2D eigenvalue weighted by molar-refractivity contribution is 9.10. The van der Waals surface area contributed by atoms with Crippen LogP contribution in [0.1, 0.15) is 28.8 Å². The van der Waals surface area contributed by atoms with Gasteiger partial charge in [0.05, 0.1) is 0 Å². The molecule has 0 aliphatic heterocycles. The average Bonchev–Trinajstić information content (AvgIpc) is 3.30. The minimum atomic E-state index is 0.0624. The summed E-state index contributed by atoms with van der Waals surface area (Å²) < 4.78 is 0.683. The van der Waals surface area contributed by atoms with Crippen molar-refractivity contribution in [1.29, 1.82) is 0 Å². The van der Waals surface area contributed by atoms with Gasteiger partial charge in [0.15, 0.2) is 0 Å². The number of hydrogen-bond acceptors (Lipinski definition) is 3. The van der Waals surface area contributed by atoms with E-state index in [-0.39, 0.29) is 5.91 Å². The number of carbonyl (C=O) groups excluding carboxylic acids is 1. The first kappa shape index (κ1) is 13.2. The van der Waals surface area contributed by atoms with Gasteiger partial charge in [-0.15, -0.1) is 0 Å². The predicted molar refractivity (Wildman–Crippen MR) is 79.1 cm³/mol. The fourth-order valence-corrected chi connectivity index (χ4v) is 2.50. The molecule has 102 valence electrons. The third-order valence-electron chi connectivity index (χ3n) is 3.32. The van der Waals surface area contributed by atoms with Gasteiger partial charge in [0.2, 0.25) is 0 Å². The van der Waals surface area contributed by atoms with E-state index in [1.807, 2.05) is 17.0 Å². The number of rotatable bonds is 4. The van der Waals surface area contributed by atoms with Gasteiger partial charge in [-0.2, -0.15) is 0 Å². The molecule has 0 spiro atoms. The minimum Gasteiger partial charge on any atom is -0.331 e. The lowest BCUT2D eigenvalue weighted by atomic mass is 10.2. The Hall–Kier alpha value is -1.75. The quantitative estimate of drug-likeness (QED) is 0.809. The van der Waals surface area contributed by atoms with Gasteiger partial charge < -0.3 is 4.90 Å². The molecule has 0 radical (unpaired) electrons. The first-order valence-corrected chi connectivity index (χ1v) is 7.35. The van der Waals surface area contributed by atoms with Crippen LogP contribution in [0.2, 0.25) is 0 Å². The van der Waals surface area contributed by atoms with Crippen molar-refractivity contribution in [1.82, 2.24) is 14.9 Å². The molecule has 20 heavy (non-hydrogen) atoms. The van der Waals surface area contributed by atoms with Gasteiger partial charge in [0.1, 0.15) is 4.60 Å². The summed E-state index contributed by atoms with van der Waals surface area (Å²) in [5.41, 5.74) is 1.78. The zero-order chi connectivity index (χ0) is 13.9. The van der Waals surface area contributed by atoms with Crippen LogP contribution in [0, 0.1) is 0 Å². The maximum absolute atomic E-state index is 12.6. The maximum atomic E-state index is 12.6. The van der Waals surface area contributed by atoms with Gasteiger partial charge in [-0.05, 0) is 58.6 Å². The summed E-state index contributed by atoms with van der Waals surface area (Å²) in [7, 11) is 0. The van der Waals surface area contributed by atoms with Crippen molar-refractivity contribution in [3.63, 3.8) is 0 Å². The summed E-state index contributed by atoms with van der Waals surface area (Å²) in [6.45, 7) is 0.631. The Bertz CT molecular complexity index is 614. The van der Waals surface area contributed by atoms with Crippen molar-refractivity contribution in [3.05, 3.63) is 58.6 Å². The highest BCUT2D eigenvalue weighted by Crippen LogP contribution is 2.30. The number of amides is 1. The van der Waals surface area contributed by atoms with Crippen molar-refractivity contribution >= 4 is 21.8 Å². The number of aromatic nitrogens is 2. The van der Waals surface area contributed by atoms with E-state index in [1.165, 1.54) is 0 Å². The average molecular weight is 332 g/mol. The van der Waals surface area contributed by atoms with E-state index in [0.29, 0.717) is 22.8 Å². The Morgan fingerprint density at radius 1 is 1.25 bits per heavy atom. The molecule has 2 heterocycles. The topological polar surface area (TPSA) is 46.1 Å². The molecular formula is C15H14BrN3O. The zero-order valence-electron chi connectivity index (χ0n) is 10.9. The molecule has 5 heteroatoms. The molecule has 0 atom stereocenters. The minimum absolute atomic E-state index is 0.0624. The van der Waals surface area contributed by atoms with Crippen LogP contribution in [-0.2, 0) is 6.54 Å². The summed E-state index contributed by atoms with van der Waals surface area (Å²) in [6, 6.07) is 7.79. The first-order valence-electron chi connectivity index (χ1n) is 6.55. The van der Waals surface area contributed by atoms with Crippen LogP contribution in [0.3, 0.4) is 0 Å². The number of pyridine rings is 2. The van der Waals surface area contributed by atoms with Crippen LogP contribution >= 0.6 is 15.9 Å². The van der Waals surface area contributed by atoms with E-state index in [4.69, 9.17) is 0 Å². The second-order valence-electron chi connectivity index (χ2n) is 4.89. The molecule has 0 unspecified atom stereocenters. The molecule has 0 N–H and O–H groups in total. The van der Waals surface area contributed by atoms with Crippen LogP contribution in [-0.4, -0.2) is 26.8 Å². The molecule has 1 aliphatic rings. The van der Waals surface area contributed by atoms with Gasteiger partial charge in [-0.1, -0.05) is 0 Å². The fraction of sp³-hybridized carbons (Fsp3) is 0.267. The van der Waals surface area contributed by atoms with E-state index in [2.05, 4.69) is 25.9 Å². The molecule has 2 aromatic heterocycles. The Balaban J connectivity index is 1.82. The third-order valence-corrected chi connectivity index (χ3v) is 3.76. The molecule has 4 nitrogen and oxygen atoms in total. The van der Waals surface area contributed by atoms with Crippen molar-refractivity contribution in [2.24, 2.45) is 0 Å². The molecule has 1 amide bonds. The first-order chi connectivity index (χ1) is 9.74. The Kier molecular flexibility index (Phi) is 3.78. The van der Waals surface area contributed by atoms with Crippen molar-refractivity contribution in [3.8, 4) is 0 Å². The Morgan fingerprint density at radius 2 is 2.00 bits per heavy atom. The van der Waals surface area contributed by atoms with Crippen LogP contribution in [0.4, 0.5) is 0 Å². The Morgan fingerprint density at radius 3 is 2.65 bits per heavy atom. The van der Waals surface area contributed by atoms with Crippen molar-refractivity contribution in [2.75, 3.05) is 0 Å². The van der Waals surface area contributed by atoms with E-state index in [0.717, 1.165) is 18.4 Å². The van der Waals surface area contributed by atoms with Gasteiger partial charge in [0, 0.05) is 36.7 Å². The summed E-state index contributed by atoms with van der Waals surface area (Å²) >= 11 is 3.31. The summed E-state index contributed by atoms with van der Waals surface area (Å²) in [5, 5.41) is 0. The van der Waals surface area contributed by atoms with Crippen LogP contribution in [0.5, 0.6) is 0 Å². The second-order valence-corrected chi connectivity index (χ2v) is 5.70. The van der Waals surface area contributed by atoms with Gasteiger partial charge in [0.25, 0.3) is 5.91 Å². The number of carbonyl (C=O) groups is 1. The van der Waals surface area contributed by atoms with Gasteiger partial charge in [-0.3, -0.25) is 9.78 Å². The standard InChI is InChI=1S/C15H14BrN3O/c16-14-9-12(5-8-18-14)15(20)19(13-1-2-13)10-11-3-6-17-7-4-11/h3-9,13H,1-2,10H2. The highest BCUT2D eigenvalue weighted by Gasteiger charge is 2.33. The number of nitrogens with zero attached hydrogens (tertiary/aromatic N) is 3. The number of hydrogen-bond donors (Lipinski definition) is 0. The summed E-state index contributed by atoms with van der Waals surface area (Å²) in [5.74, 6) is 0.0624. The lowest BCUT2D eigenvalue weighted by molar-refractivity contribution is 0.0729. The molecule has 3 rings (SSSR count). The predicted octanol–water partition coefficient (Wildman–Crippen LogP) is 3.04. The monoisotopic (exact) mass is 331 g/mol. The van der Waals surface area contributed by atoms with Gasteiger partial charge in [-0.25, -0.2) is 4.98 Å². The van der Waals surface area contributed by atoms with Crippen molar-refractivity contribution in [2.45, 2.75) is 25.4 Å². The van der Waals surface area contributed by atoms with E-state index in [9.17, 15) is 4.79 Å². The van der Waals surface area contributed by atoms with E-state index in [1.54, 1.807) is 30.7 Å². The molecule has 0 saturated heterocycles. The number of halogens is 1. The largest absolute Gasteiger partial charge is 0.331 e. The molecule has 1 saturated carbocycles. The molecule has 0 aromatic carbocycles. The smallest absolute Gasteiger partial charge is 0.254 e. The second kappa shape index (κ2) is 5.71. The lowest BCUT2D eigenvalue weighted by Crippen LogP contribution is -2.32. The fourth-order valence-electron chi connectivity index (χ4n) is 2.14. The molecule has 1 fully saturated rings. The molecular weight excluding hydrogens is 318 g/mol. The Labute approximate surface area is 126 Å². The van der Waals surface area contributed by atoms with Crippen LogP contribution < -0.4 is 0 Å². The third kappa shape index (κ3) is 3.04. The summed E-state index contributed by atoms with van der Waals surface area (Å²) in [6.07, 6.45) is 7.34. The van der Waals surface area contributed by atoms with E-state index >= 15 is 0 Å². The van der Waals surface area contributed by atoms with Gasteiger partial charge >= 0.3 is 0 Å². The summed E-state index contributed by atoms with van der Waals surface area (Å²) in [4.78, 5) is 22.7. The molecule has 1 aliphatic carbocycles. The molecule has 0 bridgehead atoms. The highest BCUT2D eigenvalue weighted by atomic mass is 79.9. The lowest BCUT2D eigenvalue weighted by Gasteiger charge is -2.22. The molecule has 2 aromatic rings. The maximum Gasteiger partial charge on any atom is 0.254 e. The normalized spacial score (nSPS) is 14.1.